The summed E-state index contributed by atoms with van der Waals surface area (Å²) in [5, 5.41) is 6.03. The van der Waals surface area contributed by atoms with Crippen LogP contribution in [0, 0.1) is 6.92 Å². The Morgan fingerprint density at radius 2 is 2.25 bits per heavy atom. The van der Waals surface area contributed by atoms with Crippen LogP contribution >= 0.6 is 11.3 Å². The summed E-state index contributed by atoms with van der Waals surface area (Å²) in [6.45, 7) is 6.28. The third-order valence-electron chi connectivity index (χ3n) is 2.57. The predicted octanol–water partition coefficient (Wildman–Crippen LogP) is 1.41. The van der Waals surface area contributed by atoms with Crippen LogP contribution in [-0.2, 0) is 11.3 Å². The van der Waals surface area contributed by atoms with Gasteiger partial charge in [0.1, 0.15) is 0 Å². The maximum atomic E-state index is 12.0. The van der Waals surface area contributed by atoms with Crippen molar-refractivity contribution in [2.45, 2.75) is 32.9 Å². The SMILES string of the molecule is CNC(C)(C)C(=O)N(C)Cc1csc(C)n1. The fourth-order valence-corrected chi connectivity index (χ4v) is 1.98. The van der Waals surface area contributed by atoms with Crippen LogP contribution in [0.1, 0.15) is 24.5 Å². The molecule has 0 bridgehead atoms. The normalized spacial score (nSPS) is 11.6. The van der Waals surface area contributed by atoms with Gasteiger partial charge in [0.2, 0.25) is 5.91 Å². The lowest BCUT2D eigenvalue weighted by atomic mass is 10.0. The van der Waals surface area contributed by atoms with Gasteiger partial charge in [0.05, 0.1) is 22.8 Å². The molecule has 0 aliphatic heterocycles. The van der Waals surface area contributed by atoms with E-state index in [4.69, 9.17) is 0 Å². The van der Waals surface area contributed by atoms with Gasteiger partial charge in [0.15, 0.2) is 0 Å². The van der Waals surface area contributed by atoms with Crippen molar-refractivity contribution in [3.8, 4) is 0 Å². The van der Waals surface area contributed by atoms with Gasteiger partial charge in [-0.25, -0.2) is 4.98 Å². The van der Waals surface area contributed by atoms with Crippen LogP contribution < -0.4 is 5.32 Å². The van der Waals surface area contributed by atoms with Gasteiger partial charge < -0.3 is 10.2 Å². The molecule has 1 amide bonds. The zero-order chi connectivity index (χ0) is 12.3. The van der Waals surface area contributed by atoms with Gasteiger partial charge in [-0.3, -0.25) is 4.79 Å². The van der Waals surface area contributed by atoms with E-state index in [1.165, 1.54) is 0 Å². The van der Waals surface area contributed by atoms with Gasteiger partial charge in [0, 0.05) is 12.4 Å². The predicted molar refractivity (Wildman–Crippen MR) is 66.5 cm³/mol. The highest BCUT2D eigenvalue weighted by molar-refractivity contribution is 7.09. The van der Waals surface area contributed by atoms with Gasteiger partial charge >= 0.3 is 0 Å². The molecule has 0 fully saturated rings. The zero-order valence-corrected chi connectivity index (χ0v) is 11.3. The molecule has 0 saturated heterocycles. The molecule has 4 nitrogen and oxygen atoms in total. The minimum atomic E-state index is -0.528. The van der Waals surface area contributed by atoms with Crippen molar-refractivity contribution in [3.05, 3.63) is 16.1 Å². The lowest BCUT2D eigenvalue weighted by Crippen LogP contribution is -2.51. The molecule has 0 unspecified atom stereocenters. The number of nitrogens with one attached hydrogen (secondary N) is 1. The van der Waals surface area contributed by atoms with E-state index in [1.807, 2.05) is 26.2 Å². The Hall–Kier alpha value is -0.940. The number of likely N-dealkylation sites (N-methyl/N-ethyl adjacent to an activating group) is 2. The molecule has 1 aromatic heterocycles. The second-order valence-corrected chi connectivity index (χ2v) is 5.46. The molecule has 0 atom stereocenters. The summed E-state index contributed by atoms with van der Waals surface area (Å²) >= 11 is 1.61. The largest absolute Gasteiger partial charge is 0.338 e. The number of carbonyl (C=O) groups is 1. The fraction of sp³-hybridized carbons (Fsp3) is 0.636. The first-order chi connectivity index (χ1) is 7.36. The first-order valence-corrected chi connectivity index (χ1v) is 6.10. The number of thiazole rings is 1. The minimum Gasteiger partial charge on any atom is -0.338 e. The summed E-state index contributed by atoms with van der Waals surface area (Å²) in [6.07, 6.45) is 0. The fourth-order valence-electron chi connectivity index (χ4n) is 1.38. The molecule has 0 spiro atoms. The molecule has 1 N–H and O–H groups in total. The van der Waals surface area contributed by atoms with Crippen LogP contribution in [0.15, 0.2) is 5.38 Å². The van der Waals surface area contributed by atoms with Gasteiger partial charge in [-0.1, -0.05) is 0 Å². The van der Waals surface area contributed by atoms with Gasteiger partial charge in [-0.2, -0.15) is 0 Å². The number of rotatable bonds is 4. The highest BCUT2D eigenvalue weighted by Gasteiger charge is 2.28. The molecule has 1 aromatic rings. The maximum absolute atomic E-state index is 12.0. The Morgan fingerprint density at radius 1 is 1.62 bits per heavy atom. The van der Waals surface area contributed by atoms with E-state index >= 15 is 0 Å². The van der Waals surface area contributed by atoms with E-state index in [0.717, 1.165) is 10.7 Å². The number of aromatic nitrogens is 1. The monoisotopic (exact) mass is 241 g/mol. The summed E-state index contributed by atoms with van der Waals surface area (Å²) in [7, 11) is 3.59. The maximum Gasteiger partial charge on any atom is 0.242 e. The Morgan fingerprint density at radius 3 is 2.69 bits per heavy atom. The van der Waals surface area contributed by atoms with E-state index in [0.29, 0.717) is 6.54 Å². The lowest BCUT2D eigenvalue weighted by molar-refractivity contribution is -0.136. The number of carbonyl (C=O) groups excluding carboxylic acids is 1. The quantitative estimate of drug-likeness (QED) is 0.867. The van der Waals surface area contributed by atoms with E-state index in [2.05, 4.69) is 10.3 Å². The molecule has 0 saturated carbocycles. The van der Waals surface area contributed by atoms with Crippen molar-refractivity contribution in [2.24, 2.45) is 0 Å². The van der Waals surface area contributed by atoms with Crippen LogP contribution in [0.4, 0.5) is 0 Å². The highest BCUT2D eigenvalue weighted by Crippen LogP contribution is 2.12. The highest BCUT2D eigenvalue weighted by atomic mass is 32.1. The Labute approximate surface area is 101 Å². The molecular formula is C11H19N3OS. The van der Waals surface area contributed by atoms with Crippen LogP contribution in [0.3, 0.4) is 0 Å². The molecular weight excluding hydrogens is 222 g/mol. The summed E-state index contributed by atoms with van der Waals surface area (Å²) in [4.78, 5) is 18.1. The molecule has 0 aliphatic carbocycles. The molecule has 90 valence electrons. The Kier molecular flexibility index (Phi) is 4.04. The lowest BCUT2D eigenvalue weighted by Gasteiger charge is -2.28. The first-order valence-electron chi connectivity index (χ1n) is 5.22. The molecule has 16 heavy (non-hydrogen) atoms. The van der Waals surface area contributed by atoms with Crippen molar-refractivity contribution in [2.75, 3.05) is 14.1 Å². The summed E-state index contributed by atoms with van der Waals surface area (Å²) in [5.74, 6) is 0.0700. The van der Waals surface area contributed by atoms with E-state index in [-0.39, 0.29) is 5.91 Å². The van der Waals surface area contributed by atoms with Crippen molar-refractivity contribution in [1.82, 2.24) is 15.2 Å². The molecule has 0 aromatic carbocycles. The Bertz CT molecular complexity index is 373. The molecule has 1 heterocycles. The second kappa shape index (κ2) is 4.93. The zero-order valence-electron chi connectivity index (χ0n) is 10.5. The van der Waals surface area contributed by atoms with Crippen molar-refractivity contribution < 1.29 is 4.79 Å². The van der Waals surface area contributed by atoms with Crippen LogP contribution in [0.2, 0.25) is 0 Å². The number of nitrogens with zero attached hydrogens (tertiary/aromatic N) is 2. The van der Waals surface area contributed by atoms with Gasteiger partial charge in [0.25, 0.3) is 0 Å². The number of aryl methyl sites for hydroxylation is 1. The average Bonchev–Trinajstić information content (AvgIpc) is 2.62. The van der Waals surface area contributed by atoms with Crippen molar-refractivity contribution in [3.63, 3.8) is 0 Å². The first kappa shape index (κ1) is 13.1. The number of hydrogen-bond donors (Lipinski definition) is 1. The van der Waals surface area contributed by atoms with E-state index in [1.54, 1.807) is 30.3 Å². The molecule has 1 rings (SSSR count). The molecule has 0 aliphatic rings. The Balaban J connectivity index is 2.65. The van der Waals surface area contributed by atoms with Crippen molar-refractivity contribution >= 4 is 17.2 Å². The van der Waals surface area contributed by atoms with Gasteiger partial charge in [-0.05, 0) is 27.8 Å². The number of amides is 1. The van der Waals surface area contributed by atoms with Crippen LogP contribution in [0.25, 0.3) is 0 Å². The standard InChI is InChI=1S/C11H19N3OS/c1-8-13-9(7-16-8)6-14(5)10(15)11(2,3)12-4/h7,12H,6H2,1-5H3. The van der Waals surface area contributed by atoms with Gasteiger partial charge in [-0.15, -0.1) is 11.3 Å². The number of hydrogen-bond acceptors (Lipinski definition) is 4. The molecule has 5 heteroatoms. The van der Waals surface area contributed by atoms with Crippen molar-refractivity contribution in [1.29, 1.82) is 0 Å². The second-order valence-electron chi connectivity index (χ2n) is 4.39. The summed E-state index contributed by atoms with van der Waals surface area (Å²) in [6, 6.07) is 0. The smallest absolute Gasteiger partial charge is 0.242 e. The summed E-state index contributed by atoms with van der Waals surface area (Å²) < 4.78 is 0. The van der Waals surface area contributed by atoms with E-state index in [9.17, 15) is 4.79 Å². The average molecular weight is 241 g/mol. The topological polar surface area (TPSA) is 45.2 Å². The minimum absolute atomic E-state index is 0.0700. The third-order valence-corrected chi connectivity index (χ3v) is 3.39. The third kappa shape index (κ3) is 3.02. The van der Waals surface area contributed by atoms with Crippen LogP contribution in [0.5, 0.6) is 0 Å². The molecule has 0 radical (unpaired) electrons. The van der Waals surface area contributed by atoms with Crippen LogP contribution in [-0.4, -0.2) is 35.4 Å². The summed E-state index contributed by atoms with van der Waals surface area (Å²) in [5.41, 5.74) is 0.421. The van der Waals surface area contributed by atoms with E-state index < -0.39 is 5.54 Å².